The Morgan fingerprint density at radius 1 is 0.877 bits per heavy atom. The largest absolute Gasteiger partial charge is 0.443 e. The van der Waals surface area contributed by atoms with Crippen LogP contribution in [0.2, 0.25) is 0 Å². The molecule has 1 unspecified atom stereocenters. The van der Waals surface area contributed by atoms with Crippen molar-refractivity contribution in [1.82, 2.24) is 20.3 Å². The molecule has 7 aliphatic rings. The smallest absolute Gasteiger partial charge is 0.408 e. The van der Waals surface area contributed by atoms with Crippen LogP contribution in [0.15, 0.2) is 67.3 Å². The molecule has 13 heteroatoms. The van der Waals surface area contributed by atoms with Gasteiger partial charge in [-0.2, -0.15) is 0 Å². The normalized spacial score (nSPS) is 33.3. The average Bonchev–Trinajstić information content (AvgIpc) is 4.09. The quantitative estimate of drug-likeness (QED) is 0.235. The number of sulfonamides is 1. The van der Waals surface area contributed by atoms with Crippen LogP contribution in [0.4, 0.5) is 4.79 Å². The van der Waals surface area contributed by atoms with Gasteiger partial charge in [0.1, 0.15) is 28.8 Å². The Kier molecular flexibility index (Phi) is 9.90. The number of likely N-dealkylation sites (tertiary alicyclic amines) is 1. The monoisotopic (exact) mass is 800 g/mol. The van der Waals surface area contributed by atoms with Crippen molar-refractivity contribution in [2.24, 2.45) is 29.1 Å². The lowest BCUT2D eigenvalue weighted by atomic mass is 9.54. The van der Waals surface area contributed by atoms with Crippen LogP contribution in [0, 0.1) is 29.1 Å². The van der Waals surface area contributed by atoms with Crippen LogP contribution < -0.4 is 15.4 Å². The molecule has 4 amide bonds. The van der Waals surface area contributed by atoms with Crippen LogP contribution in [0.25, 0.3) is 11.1 Å². The predicted molar refractivity (Wildman–Crippen MR) is 214 cm³/mol. The highest BCUT2D eigenvalue weighted by atomic mass is 32.2. The van der Waals surface area contributed by atoms with Crippen molar-refractivity contribution in [3.63, 3.8) is 0 Å². The van der Waals surface area contributed by atoms with E-state index in [4.69, 9.17) is 9.47 Å². The van der Waals surface area contributed by atoms with Crippen molar-refractivity contribution in [2.45, 2.75) is 119 Å². The number of amides is 4. The van der Waals surface area contributed by atoms with Crippen molar-refractivity contribution in [3.05, 3.63) is 72.8 Å². The third-order valence-electron chi connectivity index (χ3n) is 13.7. The number of alkyl carbamates (subject to hydrolysis) is 1. The Morgan fingerprint density at radius 3 is 2.00 bits per heavy atom. The molecule has 5 atom stereocenters. The summed E-state index contributed by atoms with van der Waals surface area (Å²) >= 11 is 0. The van der Waals surface area contributed by atoms with Crippen LogP contribution >= 0.6 is 0 Å². The summed E-state index contributed by atoms with van der Waals surface area (Å²) in [5, 5.41) is 5.19. The number of hydrogen-bond acceptors (Lipinski definition) is 8. The number of rotatable bonds is 12. The van der Waals surface area contributed by atoms with Crippen molar-refractivity contribution in [2.75, 3.05) is 13.7 Å². The minimum absolute atomic E-state index is 0.0243. The molecule has 12 nitrogen and oxygen atoms in total. The number of ether oxygens (including phenoxy) is 2. The molecule has 4 bridgehead atoms. The van der Waals surface area contributed by atoms with E-state index in [0.29, 0.717) is 30.6 Å². The van der Waals surface area contributed by atoms with Gasteiger partial charge in [0.15, 0.2) is 0 Å². The van der Waals surface area contributed by atoms with Gasteiger partial charge < -0.3 is 25.0 Å². The van der Waals surface area contributed by atoms with Crippen molar-refractivity contribution < 1.29 is 37.1 Å². The van der Waals surface area contributed by atoms with E-state index in [1.165, 1.54) is 30.2 Å². The highest BCUT2D eigenvalue weighted by Gasteiger charge is 2.63. The molecule has 0 aromatic heterocycles. The second-order valence-corrected chi connectivity index (χ2v) is 20.9. The van der Waals surface area contributed by atoms with Crippen LogP contribution in [-0.4, -0.2) is 79.3 Å². The van der Waals surface area contributed by atoms with Gasteiger partial charge in [-0.3, -0.25) is 19.1 Å². The summed E-state index contributed by atoms with van der Waals surface area (Å²) in [4.78, 5) is 58.7. The van der Waals surface area contributed by atoms with Gasteiger partial charge in [0, 0.05) is 19.4 Å². The van der Waals surface area contributed by atoms with E-state index in [-0.39, 0.29) is 19.4 Å². The lowest BCUT2D eigenvalue weighted by Gasteiger charge is -2.55. The Hall–Kier alpha value is -4.23. The maximum absolute atomic E-state index is 15.0. The van der Waals surface area contributed by atoms with Gasteiger partial charge in [-0.05, 0) is 97.6 Å². The number of nitrogens with one attached hydrogen (secondary N) is 3. The summed E-state index contributed by atoms with van der Waals surface area (Å²) in [7, 11) is -2.36. The van der Waals surface area contributed by atoms with Gasteiger partial charge in [-0.15, -0.1) is 6.58 Å². The highest BCUT2D eigenvalue weighted by molar-refractivity contribution is 7.91. The molecule has 1 aliphatic heterocycles. The third kappa shape index (κ3) is 7.50. The number of benzene rings is 2. The van der Waals surface area contributed by atoms with E-state index < -0.39 is 79.2 Å². The lowest BCUT2D eigenvalue weighted by Crippen LogP contribution is -2.61. The second-order valence-electron chi connectivity index (χ2n) is 18.9. The predicted octanol–water partition coefficient (Wildman–Crippen LogP) is 5.58. The SMILES string of the molecule is C=C[C@@H]1C[C@]1(NC(=O)[C@@H]1C[C@@](OC)(c2ccc(-c3ccccc3)cc2)CN1C(=O)C(NC(=O)OC12CC3CC(CC(C3)C1)C2)C(C)(C)C)C(=O)NS(=O)(=O)C1CC1. The molecule has 9 rings (SSSR count). The van der Waals surface area contributed by atoms with Crippen LogP contribution in [0.3, 0.4) is 0 Å². The lowest BCUT2D eigenvalue weighted by molar-refractivity contribution is -0.144. The number of methoxy groups -OCH3 is 1. The van der Waals surface area contributed by atoms with Gasteiger partial charge in [0.2, 0.25) is 21.8 Å². The summed E-state index contributed by atoms with van der Waals surface area (Å²) < 4.78 is 40.4. The fourth-order valence-electron chi connectivity index (χ4n) is 10.7. The molecule has 0 radical (unpaired) electrons. The molecule has 6 aliphatic carbocycles. The summed E-state index contributed by atoms with van der Waals surface area (Å²) in [6.07, 6.45) is 8.13. The zero-order valence-corrected chi connectivity index (χ0v) is 34.2. The number of nitrogens with zero attached hydrogens (tertiary/aromatic N) is 1. The molecule has 6 saturated carbocycles. The Labute approximate surface area is 335 Å². The zero-order valence-electron chi connectivity index (χ0n) is 33.4. The topological polar surface area (TPSA) is 160 Å². The molecular formula is C44H56N4O8S. The van der Waals surface area contributed by atoms with Crippen molar-refractivity contribution in [1.29, 1.82) is 0 Å². The first-order valence-electron chi connectivity index (χ1n) is 20.5. The van der Waals surface area contributed by atoms with E-state index in [2.05, 4.69) is 21.9 Å². The molecule has 3 N–H and O–H groups in total. The summed E-state index contributed by atoms with van der Waals surface area (Å²) in [6, 6.07) is 15.5. The van der Waals surface area contributed by atoms with Gasteiger partial charge >= 0.3 is 6.09 Å². The number of carbonyl (C=O) groups excluding carboxylic acids is 4. The first-order valence-corrected chi connectivity index (χ1v) is 22.1. The molecule has 2 aromatic carbocycles. The molecular weight excluding hydrogens is 745 g/mol. The third-order valence-corrected chi connectivity index (χ3v) is 15.6. The molecule has 1 heterocycles. The second kappa shape index (κ2) is 14.2. The number of hydrogen-bond donors (Lipinski definition) is 3. The van der Waals surface area contributed by atoms with Crippen LogP contribution in [-0.2, 0) is 39.5 Å². The van der Waals surface area contributed by atoms with E-state index in [1.54, 1.807) is 7.11 Å². The van der Waals surface area contributed by atoms with Gasteiger partial charge in [-0.25, -0.2) is 13.2 Å². The molecule has 1 saturated heterocycles. The van der Waals surface area contributed by atoms with Gasteiger partial charge in [0.25, 0.3) is 5.91 Å². The average molecular weight is 801 g/mol. The molecule has 57 heavy (non-hydrogen) atoms. The van der Waals surface area contributed by atoms with Gasteiger partial charge in [0.05, 0.1) is 11.8 Å². The molecule has 7 fully saturated rings. The van der Waals surface area contributed by atoms with E-state index >= 15 is 4.79 Å². The highest BCUT2D eigenvalue weighted by Crippen LogP contribution is 2.57. The Bertz CT molecular complexity index is 2010. The van der Waals surface area contributed by atoms with E-state index in [9.17, 15) is 22.8 Å². The fourth-order valence-corrected chi connectivity index (χ4v) is 12.1. The van der Waals surface area contributed by atoms with E-state index in [1.807, 2.05) is 75.4 Å². The van der Waals surface area contributed by atoms with E-state index in [0.717, 1.165) is 36.0 Å². The van der Waals surface area contributed by atoms with Crippen molar-refractivity contribution in [3.8, 4) is 11.1 Å². The molecule has 306 valence electrons. The molecule has 2 aromatic rings. The first kappa shape index (κ1) is 39.6. The summed E-state index contributed by atoms with van der Waals surface area (Å²) in [5.41, 5.74) is -1.24. The van der Waals surface area contributed by atoms with Gasteiger partial charge in [-0.1, -0.05) is 81.4 Å². The van der Waals surface area contributed by atoms with Crippen LogP contribution in [0.1, 0.15) is 90.5 Å². The maximum Gasteiger partial charge on any atom is 0.408 e. The summed E-state index contributed by atoms with van der Waals surface area (Å²) in [5.74, 6) is -0.775. The minimum atomic E-state index is -3.90. The minimum Gasteiger partial charge on any atom is -0.443 e. The Morgan fingerprint density at radius 2 is 1.47 bits per heavy atom. The fraction of sp³-hybridized carbons (Fsp3) is 0.591. The Balaban J connectivity index is 1.08. The first-order chi connectivity index (χ1) is 27.0. The van der Waals surface area contributed by atoms with Crippen molar-refractivity contribution >= 4 is 33.8 Å². The summed E-state index contributed by atoms with van der Waals surface area (Å²) in [6.45, 7) is 9.37. The standard InChI is InChI=1S/C44H56N4O8S/c1-6-32-24-44(32,39(51)47-57(53,54)34-16-17-34)46-37(49)35-25-43(55-5,33-14-12-31(13-15-33)30-10-8-7-9-11-30)26-48(35)38(50)36(41(2,3)4)45-40(52)56-42-21-27-18-28(22-42)20-29(19-27)23-42/h6-15,27-29,32,34-36H,1,16-26H2,2-5H3,(H,45,52)(H,46,49)(H,47,51)/t27?,28?,29?,32-,35+,36?,42?,43+,44-/m1/s1. The number of carbonyl (C=O) groups is 4. The molecule has 0 spiro atoms. The zero-order chi connectivity index (χ0) is 40.5. The maximum atomic E-state index is 15.0. The van der Waals surface area contributed by atoms with Crippen LogP contribution in [0.5, 0.6) is 0 Å².